The summed E-state index contributed by atoms with van der Waals surface area (Å²) in [5.41, 5.74) is -0.249. The molecule has 2 amide bonds. The van der Waals surface area contributed by atoms with E-state index in [0.29, 0.717) is 6.42 Å². The van der Waals surface area contributed by atoms with Crippen LogP contribution in [0.25, 0.3) is 0 Å². The van der Waals surface area contributed by atoms with Gasteiger partial charge in [0.2, 0.25) is 11.8 Å². The Morgan fingerprint density at radius 1 is 1.16 bits per heavy atom. The van der Waals surface area contributed by atoms with E-state index in [2.05, 4.69) is 19.2 Å². The van der Waals surface area contributed by atoms with Crippen molar-refractivity contribution in [2.75, 3.05) is 0 Å². The number of hydrogen-bond acceptors (Lipinski definition) is 2. The van der Waals surface area contributed by atoms with Crippen LogP contribution in [0.2, 0.25) is 0 Å². The fraction of sp³-hybridized carbons (Fsp3) is 0.867. The van der Waals surface area contributed by atoms with Crippen LogP contribution in [-0.4, -0.2) is 34.8 Å². The monoisotopic (exact) mass is 268 g/mol. The summed E-state index contributed by atoms with van der Waals surface area (Å²) in [5.74, 6) is 0.0709. The first-order chi connectivity index (χ1) is 8.77. The second-order valence-corrected chi connectivity index (χ2v) is 6.45. The van der Waals surface area contributed by atoms with Crippen LogP contribution in [0.3, 0.4) is 0 Å². The van der Waals surface area contributed by atoms with Gasteiger partial charge in [0.1, 0.15) is 12.1 Å². The number of carbonyl (C=O) groups excluding carboxylic acids is 2. The summed E-state index contributed by atoms with van der Waals surface area (Å²) in [6, 6.07) is -0.573. The van der Waals surface area contributed by atoms with E-state index in [-0.39, 0.29) is 35.4 Å². The predicted octanol–water partition coefficient (Wildman–Crippen LogP) is 2.33. The van der Waals surface area contributed by atoms with E-state index in [9.17, 15) is 9.59 Å². The molecule has 1 aliphatic heterocycles. The maximum atomic E-state index is 12.6. The predicted molar refractivity (Wildman–Crippen MR) is 76.7 cm³/mol. The number of nitrogens with zero attached hydrogens (tertiary/aromatic N) is 1. The maximum Gasteiger partial charge on any atom is 0.246 e. The van der Waals surface area contributed by atoms with Crippen LogP contribution < -0.4 is 5.32 Å². The Hall–Kier alpha value is -1.06. The van der Waals surface area contributed by atoms with Gasteiger partial charge in [-0.05, 0) is 24.7 Å². The van der Waals surface area contributed by atoms with E-state index in [1.807, 2.05) is 32.6 Å². The highest BCUT2D eigenvalue weighted by Crippen LogP contribution is 2.31. The molecule has 0 aliphatic carbocycles. The second kappa shape index (κ2) is 5.93. The molecule has 1 N–H and O–H groups in total. The van der Waals surface area contributed by atoms with Crippen LogP contribution in [0, 0.1) is 5.41 Å². The van der Waals surface area contributed by atoms with Gasteiger partial charge in [-0.3, -0.25) is 9.59 Å². The zero-order valence-electron chi connectivity index (χ0n) is 13.1. The maximum absolute atomic E-state index is 12.6. The summed E-state index contributed by atoms with van der Waals surface area (Å²) in [6.45, 7) is 12.2. The fourth-order valence-corrected chi connectivity index (χ4v) is 2.91. The average Bonchev–Trinajstić information content (AvgIpc) is 2.32. The number of rotatable bonds is 4. The fourth-order valence-electron chi connectivity index (χ4n) is 2.91. The van der Waals surface area contributed by atoms with Crippen molar-refractivity contribution in [1.29, 1.82) is 0 Å². The Balaban J connectivity index is 3.19. The molecule has 4 heteroatoms. The third-order valence-electron chi connectivity index (χ3n) is 3.96. The smallest absolute Gasteiger partial charge is 0.246 e. The molecule has 1 rings (SSSR count). The number of nitrogens with one attached hydrogen (secondary N) is 1. The Bertz CT molecular complexity index is 343. The molecule has 0 aromatic carbocycles. The minimum absolute atomic E-state index is 0.00847. The summed E-state index contributed by atoms with van der Waals surface area (Å²) >= 11 is 0. The highest BCUT2D eigenvalue weighted by molar-refractivity contribution is 5.97. The first-order valence-corrected chi connectivity index (χ1v) is 7.40. The Morgan fingerprint density at radius 3 is 2.05 bits per heavy atom. The van der Waals surface area contributed by atoms with Crippen molar-refractivity contribution in [3.8, 4) is 0 Å². The van der Waals surface area contributed by atoms with Crippen molar-refractivity contribution in [3.05, 3.63) is 0 Å². The lowest BCUT2D eigenvalue weighted by atomic mass is 9.81. The molecule has 0 saturated carbocycles. The molecular formula is C15H28N2O2. The number of hydrogen-bond donors (Lipinski definition) is 1. The number of piperazine rings is 1. The van der Waals surface area contributed by atoms with Crippen molar-refractivity contribution in [1.82, 2.24) is 10.2 Å². The molecule has 0 radical (unpaired) electrons. The van der Waals surface area contributed by atoms with E-state index < -0.39 is 0 Å². The molecule has 0 aromatic heterocycles. The number of carbonyl (C=O) groups is 2. The van der Waals surface area contributed by atoms with Gasteiger partial charge in [-0.25, -0.2) is 0 Å². The third-order valence-corrected chi connectivity index (χ3v) is 3.96. The molecular weight excluding hydrogens is 240 g/mol. The molecule has 0 aromatic rings. The van der Waals surface area contributed by atoms with E-state index in [4.69, 9.17) is 0 Å². The largest absolute Gasteiger partial charge is 0.342 e. The van der Waals surface area contributed by atoms with Crippen LogP contribution in [-0.2, 0) is 9.59 Å². The van der Waals surface area contributed by atoms with Crippen molar-refractivity contribution in [2.45, 2.75) is 78.9 Å². The van der Waals surface area contributed by atoms with Gasteiger partial charge < -0.3 is 10.2 Å². The minimum Gasteiger partial charge on any atom is -0.342 e. The van der Waals surface area contributed by atoms with Crippen molar-refractivity contribution in [3.63, 3.8) is 0 Å². The van der Waals surface area contributed by atoms with E-state index in [1.165, 1.54) is 0 Å². The van der Waals surface area contributed by atoms with Crippen molar-refractivity contribution < 1.29 is 9.59 Å². The summed E-state index contributed by atoms with van der Waals surface area (Å²) in [6.07, 6.45) is 2.43. The molecule has 1 aliphatic rings. The summed E-state index contributed by atoms with van der Waals surface area (Å²) in [4.78, 5) is 26.9. The van der Waals surface area contributed by atoms with E-state index in [0.717, 1.165) is 12.8 Å². The Kier molecular flexibility index (Phi) is 4.99. The Labute approximate surface area is 116 Å². The van der Waals surface area contributed by atoms with Crippen molar-refractivity contribution >= 4 is 11.8 Å². The van der Waals surface area contributed by atoms with E-state index >= 15 is 0 Å². The minimum atomic E-state index is -0.368. The van der Waals surface area contributed by atoms with Crippen LogP contribution in [0.15, 0.2) is 0 Å². The molecule has 1 fully saturated rings. The summed E-state index contributed by atoms with van der Waals surface area (Å²) in [5, 5.41) is 2.88. The van der Waals surface area contributed by atoms with Gasteiger partial charge in [0, 0.05) is 6.04 Å². The van der Waals surface area contributed by atoms with Gasteiger partial charge in [-0.1, -0.05) is 41.5 Å². The van der Waals surface area contributed by atoms with Crippen LogP contribution in [0.1, 0.15) is 60.8 Å². The van der Waals surface area contributed by atoms with Gasteiger partial charge >= 0.3 is 0 Å². The zero-order valence-corrected chi connectivity index (χ0v) is 13.1. The quantitative estimate of drug-likeness (QED) is 0.850. The molecule has 2 unspecified atom stereocenters. The standard InChI is InChI=1S/C15H28N2O2/c1-7-10(8-2)17-12(15(4,5)6)13(18)16-11(9-3)14(17)19/h10-12H,7-9H2,1-6H3,(H,16,18). The molecule has 4 nitrogen and oxygen atoms in total. The van der Waals surface area contributed by atoms with Gasteiger partial charge in [0.25, 0.3) is 0 Å². The molecule has 2 atom stereocenters. The van der Waals surface area contributed by atoms with Gasteiger partial charge in [-0.15, -0.1) is 0 Å². The lowest BCUT2D eigenvalue weighted by molar-refractivity contribution is -0.157. The molecule has 0 bridgehead atoms. The van der Waals surface area contributed by atoms with Gasteiger partial charge in [0.15, 0.2) is 0 Å². The Morgan fingerprint density at radius 2 is 1.68 bits per heavy atom. The van der Waals surface area contributed by atoms with Crippen LogP contribution in [0.5, 0.6) is 0 Å². The van der Waals surface area contributed by atoms with E-state index in [1.54, 1.807) is 0 Å². The molecule has 0 spiro atoms. The highest BCUT2D eigenvalue weighted by Gasteiger charge is 2.47. The topological polar surface area (TPSA) is 49.4 Å². The average molecular weight is 268 g/mol. The van der Waals surface area contributed by atoms with Crippen molar-refractivity contribution in [2.24, 2.45) is 5.41 Å². The van der Waals surface area contributed by atoms with Crippen LogP contribution >= 0.6 is 0 Å². The summed E-state index contributed by atoms with van der Waals surface area (Å²) in [7, 11) is 0. The zero-order chi connectivity index (χ0) is 14.8. The summed E-state index contributed by atoms with van der Waals surface area (Å²) < 4.78 is 0. The lowest BCUT2D eigenvalue weighted by Crippen LogP contribution is -2.68. The van der Waals surface area contributed by atoms with Gasteiger partial charge in [0.05, 0.1) is 0 Å². The normalized spacial score (nSPS) is 24.9. The lowest BCUT2D eigenvalue weighted by Gasteiger charge is -2.48. The SMILES string of the molecule is CCC1NC(=O)C(C(C)(C)C)N(C(CC)CC)C1=O. The molecule has 1 heterocycles. The molecule has 19 heavy (non-hydrogen) atoms. The first-order valence-electron chi connectivity index (χ1n) is 7.40. The third kappa shape index (κ3) is 3.10. The first kappa shape index (κ1) is 16.0. The van der Waals surface area contributed by atoms with Crippen LogP contribution in [0.4, 0.5) is 0 Å². The second-order valence-electron chi connectivity index (χ2n) is 6.45. The number of amides is 2. The molecule has 1 saturated heterocycles. The molecule has 110 valence electrons. The van der Waals surface area contributed by atoms with Gasteiger partial charge in [-0.2, -0.15) is 0 Å². The highest BCUT2D eigenvalue weighted by atomic mass is 16.2.